The van der Waals surface area contributed by atoms with Gasteiger partial charge in [0.05, 0.1) is 17.1 Å². The van der Waals surface area contributed by atoms with Gasteiger partial charge in [0, 0.05) is 17.9 Å². The number of ether oxygens (including phenoxy) is 1. The molecule has 0 heterocycles. The van der Waals surface area contributed by atoms with E-state index in [-0.39, 0.29) is 34.9 Å². The van der Waals surface area contributed by atoms with Gasteiger partial charge in [-0.3, -0.25) is 14.9 Å². The van der Waals surface area contributed by atoms with Crippen molar-refractivity contribution in [2.45, 2.75) is 19.8 Å². The van der Waals surface area contributed by atoms with Crippen molar-refractivity contribution >= 4 is 27.5 Å². The number of nitro groups is 1. The van der Waals surface area contributed by atoms with Gasteiger partial charge in [-0.15, -0.1) is 0 Å². The van der Waals surface area contributed by atoms with Crippen LogP contribution in [-0.2, 0) is 0 Å². The lowest BCUT2D eigenvalue weighted by Crippen LogP contribution is -2.31. The van der Waals surface area contributed by atoms with Gasteiger partial charge in [-0.2, -0.15) is 0 Å². The number of nitrogens with one attached hydrogen (secondary N) is 1. The highest BCUT2D eigenvalue weighted by molar-refractivity contribution is 9.09. The van der Waals surface area contributed by atoms with Gasteiger partial charge in [0.25, 0.3) is 5.91 Å². The number of amides is 1. The highest BCUT2D eigenvalue weighted by atomic mass is 79.9. The SMILES string of the molecule is CCOc1c(C(=O)NCC2(CBr)CC2)cccc1[N+](=O)[O-]. The molecular weight excluding hydrogens is 340 g/mol. The van der Waals surface area contributed by atoms with E-state index in [0.29, 0.717) is 6.54 Å². The van der Waals surface area contributed by atoms with Crippen LogP contribution in [0.25, 0.3) is 0 Å². The molecule has 1 fully saturated rings. The van der Waals surface area contributed by atoms with Crippen molar-refractivity contribution in [1.29, 1.82) is 0 Å². The maximum absolute atomic E-state index is 12.3. The van der Waals surface area contributed by atoms with Crippen LogP contribution < -0.4 is 10.1 Å². The van der Waals surface area contributed by atoms with Crippen LogP contribution >= 0.6 is 15.9 Å². The quantitative estimate of drug-likeness (QED) is 0.462. The van der Waals surface area contributed by atoms with Crippen molar-refractivity contribution in [1.82, 2.24) is 5.32 Å². The number of carbonyl (C=O) groups is 1. The Morgan fingerprint density at radius 2 is 2.24 bits per heavy atom. The molecule has 0 radical (unpaired) electrons. The van der Waals surface area contributed by atoms with Crippen LogP contribution in [0.4, 0.5) is 5.69 Å². The number of carbonyl (C=O) groups excluding carboxylic acids is 1. The second kappa shape index (κ2) is 6.43. The summed E-state index contributed by atoms with van der Waals surface area (Å²) in [5, 5.41) is 14.7. The second-order valence-corrected chi connectivity index (χ2v) is 5.72. The molecular formula is C14H17BrN2O4. The molecule has 0 atom stereocenters. The molecule has 1 saturated carbocycles. The first-order valence-corrected chi connectivity index (χ1v) is 7.89. The largest absolute Gasteiger partial charge is 0.487 e. The van der Waals surface area contributed by atoms with Crippen LogP contribution in [0.1, 0.15) is 30.1 Å². The average molecular weight is 357 g/mol. The molecule has 1 amide bonds. The summed E-state index contributed by atoms with van der Waals surface area (Å²) >= 11 is 3.44. The first-order chi connectivity index (χ1) is 10.0. The zero-order valence-electron chi connectivity index (χ0n) is 11.7. The van der Waals surface area contributed by atoms with Crippen molar-refractivity contribution in [2.75, 3.05) is 18.5 Å². The van der Waals surface area contributed by atoms with Crippen molar-refractivity contribution in [3.63, 3.8) is 0 Å². The van der Waals surface area contributed by atoms with Crippen LogP contribution in [0, 0.1) is 15.5 Å². The number of halogens is 1. The monoisotopic (exact) mass is 356 g/mol. The molecule has 0 saturated heterocycles. The minimum atomic E-state index is -0.539. The van der Waals surface area contributed by atoms with E-state index in [9.17, 15) is 14.9 Å². The van der Waals surface area contributed by atoms with E-state index in [4.69, 9.17) is 4.74 Å². The third kappa shape index (κ3) is 3.53. The van der Waals surface area contributed by atoms with E-state index in [1.54, 1.807) is 13.0 Å². The van der Waals surface area contributed by atoms with E-state index >= 15 is 0 Å². The van der Waals surface area contributed by atoms with Gasteiger partial charge in [-0.25, -0.2) is 0 Å². The number of alkyl halides is 1. The molecule has 1 aromatic carbocycles. The molecule has 1 N–H and O–H groups in total. The predicted octanol–water partition coefficient (Wildman–Crippen LogP) is 2.90. The van der Waals surface area contributed by atoms with Crippen LogP contribution in [-0.4, -0.2) is 29.3 Å². The van der Waals surface area contributed by atoms with Gasteiger partial charge in [-0.05, 0) is 31.2 Å². The minimum absolute atomic E-state index is 0.0335. The van der Waals surface area contributed by atoms with Gasteiger partial charge in [-0.1, -0.05) is 22.0 Å². The molecule has 0 aliphatic heterocycles. The van der Waals surface area contributed by atoms with Crippen molar-refractivity contribution in [3.8, 4) is 5.75 Å². The molecule has 0 bridgehead atoms. The topological polar surface area (TPSA) is 81.5 Å². The Morgan fingerprint density at radius 3 is 2.76 bits per heavy atom. The average Bonchev–Trinajstić information content (AvgIpc) is 3.25. The number of nitrogens with zero attached hydrogens (tertiary/aromatic N) is 1. The summed E-state index contributed by atoms with van der Waals surface area (Å²) < 4.78 is 5.31. The van der Waals surface area contributed by atoms with E-state index < -0.39 is 4.92 Å². The maximum Gasteiger partial charge on any atom is 0.311 e. The number of nitro benzene ring substituents is 1. The zero-order valence-corrected chi connectivity index (χ0v) is 13.3. The molecule has 0 spiro atoms. The van der Waals surface area contributed by atoms with E-state index in [1.165, 1.54) is 12.1 Å². The van der Waals surface area contributed by atoms with E-state index in [0.717, 1.165) is 18.2 Å². The molecule has 0 unspecified atom stereocenters. The fraction of sp³-hybridized carbons (Fsp3) is 0.500. The van der Waals surface area contributed by atoms with Gasteiger partial charge >= 0.3 is 5.69 Å². The van der Waals surface area contributed by atoms with Crippen LogP contribution in [0.15, 0.2) is 18.2 Å². The fourth-order valence-corrected chi connectivity index (χ4v) is 2.80. The number of hydrogen-bond donors (Lipinski definition) is 1. The zero-order chi connectivity index (χ0) is 15.5. The van der Waals surface area contributed by atoms with Crippen molar-refractivity contribution < 1.29 is 14.5 Å². The van der Waals surface area contributed by atoms with Crippen LogP contribution in [0.3, 0.4) is 0 Å². The fourth-order valence-electron chi connectivity index (χ4n) is 2.04. The molecule has 6 nitrogen and oxygen atoms in total. The number of rotatable bonds is 7. The Labute approximate surface area is 131 Å². The number of hydrogen-bond acceptors (Lipinski definition) is 4. The first-order valence-electron chi connectivity index (χ1n) is 6.77. The summed E-state index contributed by atoms with van der Waals surface area (Å²) in [6.07, 6.45) is 2.15. The summed E-state index contributed by atoms with van der Waals surface area (Å²) in [7, 11) is 0. The minimum Gasteiger partial charge on any atom is -0.487 e. The Morgan fingerprint density at radius 1 is 1.52 bits per heavy atom. The third-order valence-electron chi connectivity index (χ3n) is 3.59. The molecule has 1 aromatic rings. The molecule has 2 rings (SSSR count). The standard InChI is InChI=1S/C14H17BrN2O4/c1-2-21-12-10(4-3-5-11(12)17(19)20)13(18)16-9-14(8-15)6-7-14/h3-5H,2,6-9H2,1H3,(H,16,18). The second-order valence-electron chi connectivity index (χ2n) is 5.16. The Kier molecular flexibility index (Phi) is 4.82. The summed E-state index contributed by atoms with van der Waals surface area (Å²) in [6.45, 7) is 2.55. The lowest BCUT2D eigenvalue weighted by Gasteiger charge is -2.14. The molecule has 1 aliphatic rings. The summed E-state index contributed by atoms with van der Waals surface area (Å²) in [4.78, 5) is 22.8. The molecule has 1 aliphatic carbocycles. The molecule has 114 valence electrons. The smallest absolute Gasteiger partial charge is 0.311 e. The summed E-state index contributed by atoms with van der Waals surface area (Å²) in [5.41, 5.74) is 0.157. The number of benzene rings is 1. The maximum atomic E-state index is 12.3. The predicted molar refractivity (Wildman–Crippen MR) is 82.1 cm³/mol. The Hall–Kier alpha value is -1.63. The Bertz CT molecular complexity index is 558. The van der Waals surface area contributed by atoms with Crippen LogP contribution in [0.5, 0.6) is 5.75 Å². The lowest BCUT2D eigenvalue weighted by molar-refractivity contribution is -0.385. The van der Waals surface area contributed by atoms with Gasteiger partial charge < -0.3 is 10.1 Å². The van der Waals surface area contributed by atoms with E-state index in [1.807, 2.05) is 0 Å². The lowest BCUT2D eigenvalue weighted by atomic mass is 10.1. The summed E-state index contributed by atoms with van der Waals surface area (Å²) in [6, 6.07) is 4.37. The van der Waals surface area contributed by atoms with Crippen molar-refractivity contribution in [2.24, 2.45) is 5.41 Å². The number of para-hydroxylation sites is 1. The van der Waals surface area contributed by atoms with Gasteiger partial charge in [0.15, 0.2) is 0 Å². The van der Waals surface area contributed by atoms with Crippen LogP contribution in [0.2, 0.25) is 0 Å². The summed E-state index contributed by atoms with van der Waals surface area (Å²) in [5.74, 6) is -0.305. The first kappa shape index (κ1) is 15.8. The molecule has 0 aromatic heterocycles. The van der Waals surface area contributed by atoms with Gasteiger partial charge in [0.2, 0.25) is 5.75 Å². The molecule has 21 heavy (non-hydrogen) atoms. The normalized spacial score (nSPS) is 15.3. The van der Waals surface area contributed by atoms with Crippen molar-refractivity contribution in [3.05, 3.63) is 33.9 Å². The highest BCUT2D eigenvalue weighted by Crippen LogP contribution is 2.46. The molecule has 7 heteroatoms. The Balaban J connectivity index is 2.19. The van der Waals surface area contributed by atoms with Gasteiger partial charge in [0.1, 0.15) is 0 Å². The highest BCUT2D eigenvalue weighted by Gasteiger charge is 2.41. The van der Waals surface area contributed by atoms with E-state index in [2.05, 4.69) is 21.2 Å². The third-order valence-corrected chi connectivity index (χ3v) is 4.78.